The van der Waals surface area contributed by atoms with Crippen molar-refractivity contribution in [3.8, 4) is 5.75 Å². The van der Waals surface area contributed by atoms with E-state index in [1.807, 2.05) is 0 Å². The molecular weight excluding hydrogens is 466 g/mol. The van der Waals surface area contributed by atoms with Crippen LogP contribution < -0.4 is 14.8 Å². The lowest BCUT2D eigenvalue weighted by molar-refractivity contribution is -0.142. The second kappa shape index (κ2) is 11.6. The van der Waals surface area contributed by atoms with Crippen LogP contribution in [0.5, 0.6) is 5.75 Å². The fourth-order valence-electron chi connectivity index (χ4n) is 2.42. The third kappa shape index (κ3) is 7.32. The van der Waals surface area contributed by atoms with Crippen molar-refractivity contribution in [2.24, 2.45) is 0 Å². The van der Waals surface area contributed by atoms with Crippen molar-refractivity contribution in [1.29, 1.82) is 0 Å². The number of thioether (sulfide) groups is 1. The smallest absolute Gasteiger partial charge is 0.331 e. The number of anilines is 1. The molecule has 2 rings (SSSR count). The van der Waals surface area contributed by atoms with E-state index in [4.69, 9.17) is 9.47 Å². The lowest BCUT2D eigenvalue weighted by Crippen LogP contribution is -2.20. The molecule has 12 heteroatoms. The van der Waals surface area contributed by atoms with Gasteiger partial charge in [0.15, 0.2) is 6.61 Å². The van der Waals surface area contributed by atoms with Gasteiger partial charge in [0.1, 0.15) is 10.6 Å². The summed E-state index contributed by atoms with van der Waals surface area (Å²) in [5, 5.41) is 2.41. The Labute approximate surface area is 188 Å². The van der Waals surface area contributed by atoms with Crippen LogP contribution in [0.1, 0.15) is 5.56 Å². The Bertz CT molecular complexity index is 1110. The molecule has 2 N–H and O–H groups in total. The summed E-state index contributed by atoms with van der Waals surface area (Å²) in [5.41, 5.74) is 0.546. The number of sulfonamides is 1. The molecule has 0 fully saturated rings. The molecule has 2 aromatic carbocycles. The van der Waals surface area contributed by atoms with Crippen LogP contribution in [0, 0.1) is 0 Å². The fraction of sp³-hybridized carbons (Fsp3) is 0.200. The molecule has 0 radical (unpaired) electrons. The third-order valence-electron chi connectivity index (χ3n) is 3.88. The number of hydrogen-bond donors (Lipinski definition) is 2. The number of hydrogen-bond acceptors (Lipinski definition) is 7. The van der Waals surface area contributed by atoms with E-state index in [0.29, 0.717) is 5.56 Å². The van der Waals surface area contributed by atoms with Gasteiger partial charge < -0.3 is 14.8 Å². The minimum Gasteiger partial charge on any atom is -0.495 e. The van der Waals surface area contributed by atoms with Gasteiger partial charge in [0.25, 0.3) is 11.7 Å². The molecule has 0 heterocycles. The monoisotopic (exact) mass is 486 g/mol. The maximum absolute atomic E-state index is 12.6. The summed E-state index contributed by atoms with van der Waals surface area (Å²) in [6.07, 6.45) is 2.33. The summed E-state index contributed by atoms with van der Waals surface area (Å²) in [6.45, 7) is -0.640. The molecule has 0 bridgehead atoms. The average molecular weight is 487 g/mol. The van der Waals surface area contributed by atoms with E-state index >= 15 is 0 Å². The molecule has 0 atom stereocenters. The van der Waals surface area contributed by atoms with Gasteiger partial charge in [-0.05, 0) is 43.0 Å². The maximum Gasteiger partial charge on any atom is 0.331 e. The van der Waals surface area contributed by atoms with Gasteiger partial charge in [-0.3, -0.25) is 4.79 Å². The molecule has 0 spiro atoms. The van der Waals surface area contributed by atoms with Crippen molar-refractivity contribution in [1.82, 2.24) is 4.72 Å². The number of ether oxygens (including phenoxy) is 2. The quantitative estimate of drug-likeness (QED) is 0.302. The van der Waals surface area contributed by atoms with Crippen molar-refractivity contribution in [3.63, 3.8) is 0 Å². The number of esters is 1. The second-order valence-electron chi connectivity index (χ2n) is 5.98. The number of rotatable bonds is 10. The molecule has 1 amide bonds. The van der Waals surface area contributed by atoms with Crippen molar-refractivity contribution in [3.05, 3.63) is 54.1 Å². The van der Waals surface area contributed by atoms with Crippen molar-refractivity contribution in [2.75, 3.05) is 26.1 Å². The zero-order chi connectivity index (χ0) is 23.7. The summed E-state index contributed by atoms with van der Waals surface area (Å²) in [7, 11) is -1.21. The van der Waals surface area contributed by atoms with Crippen molar-refractivity contribution in [2.45, 2.75) is 15.5 Å². The highest BCUT2D eigenvalue weighted by Gasteiger charge is 2.18. The number of methoxy groups -OCH3 is 1. The van der Waals surface area contributed by atoms with E-state index in [2.05, 4.69) is 10.0 Å². The van der Waals surface area contributed by atoms with Gasteiger partial charge in [-0.2, -0.15) is 8.78 Å². The fourth-order valence-corrected chi connectivity index (χ4v) is 3.94. The molecule has 172 valence electrons. The van der Waals surface area contributed by atoms with E-state index in [1.54, 1.807) is 12.1 Å². The van der Waals surface area contributed by atoms with E-state index in [1.165, 1.54) is 50.6 Å². The standard InChI is InChI=1S/C20H20F2N2O6S2/c1-23-32(27,28)17-11-13(7-9-15(17)29-2)8-10-19(26)30-12-18(25)24-14-5-3-4-6-16(14)31-20(21)22/h3-11,20,23H,12H2,1-2H3,(H,24,25)/b10-8+. The summed E-state index contributed by atoms with van der Waals surface area (Å²) in [5.74, 6) is -4.09. The molecule has 32 heavy (non-hydrogen) atoms. The first-order chi connectivity index (χ1) is 15.2. The Balaban J connectivity index is 1.99. The number of amides is 1. The number of carbonyl (C=O) groups is 2. The number of benzene rings is 2. The van der Waals surface area contributed by atoms with Gasteiger partial charge in [0.05, 0.1) is 12.8 Å². The number of nitrogens with one attached hydrogen (secondary N) is 2. The normalized spacial score (nSPS) is 11.5. The van der Waals surface area contributed by atoms with Gasteiger partial charge in [-0.1, -0.05) is 30.0 Å². The van der Waals surface area contributed by atoms with Crippen LogP contribution in [0.25, 0.3) is 6.08 Å². The molecule has 2 aromatic rings. The number of alkyl halides is 2. The van der Waals surface area contributed by atoms with Crippen LogP contribution in [-0.2, 0) is 24.3 Å². The average Bonchev–Trinajstić information content (AvgIpc) is 2.77. The zero-order valence-electron chi connectivity index (χ0n) is 17.0. The third-order valence-corrected chi connectivity index (χ3v) is 6.10. The van der Waals surface area contributed by atoms with Gasteiger partial charge in [-0.15, -0.1) is 0 Å². The van der Waals surface area contributed by atoms with E-state index in [0.717, 1.165) is 6.08 Å². The van der Waals surface area contributed by atoms with Gasteiger partial charge in [0, 0.05) is 11.0 Å². The first kappa shape index (κ1) is 25.3. The van der Waals surface area contributed by atoms with Crippen molar-refractivity contribution < 1.29 is 36.3 Å². The van der Waals surface area contributed by atoms with Crippen LogP contribution in [0.3, 0.4) is 0 Å². The molecule has 0 aliphatic carbocycles. The van der Waals surface area contributed by atoms with Crippen LogP contribution in [0.4, 0.5) is 14.5 Å². The molecular formula is C20H20F2N2O6S2. The van der Waals surface area contributed by atoms with Gasteiger partial charge >= 0.3 is 5.97 Å². The number of halogens is 2. The second-order valence-corrected chi connectivity index (χ2v) is 8.87. The highest BCUT2D eigenvalue weighted by atomic mass is 32.2. The predicted octanol–water partition coefficient (Wildman–Crippen LogP) is 3.11. The van der Waals surface area contributed by atoms with Crippen LogP contribution >= 0.6 is 11.8 Å². The van der Waals surface area contributed by atoms with E-state index in [9.17, 15) is 26.8 Å². The molecule has 0 aliphatic heterocycles. The highest BCUT2D eigenvalue weighted by Crippen LogP contribution is 2.31. The zero-order valence-corrected chi connectivity index (χ0v) is 18.6. The topological polar surface area (TPSA) is 111 Å². The summed E-state index contributed by atoms with van der Waals surface area (Å²) >= 11 is 0.281. The van der Waals surface area contributed by atoms with Crippen molar-refractivity contribution >= 4 is 45.4 Å². The Morgan fingerprint density at radius 1 is 1.19 bits per heavy atom. The summed E-state index contributed by atoms with van der Waals surface area (Å²) in [4.78, 5) is 24.0. The Hall–Kier alpha value is -2.96. The largest absolute Gasteiger partial charge is 0.495 e. The number of para-hydroxylation sites is 1. The SMILES string of the molecule is CNS(=O)(=O)c1cc(/C=C/C(=O)OCC(=O)Nc2ccccc2SC(F)F)ccc1OC. The lowest BCUT2D eigenvalue weighted by Gasteiger charge is -2.10. The Morgan fingerprint density at radius 2 is 1.91 bits per heavy atom. The van der Waals surface area contributed by atoms with Crippen LogP contribution in [0.15, 0.2) is 58.3 Å². The molecule has 0 aromatic heterocycles. The van der Waals surface area contributed by atoms with Crippen LogP contribution in [0.2, 0.25) is 0 Å². The Kier molecular flexibility index (Phi) is 9.17. The minimum atomic E-state index is -3.79. The first-order valence-corrected chi connectivity index (χ1v) is 11.3. The molecule has 0 saturated carbocycles. The van der Waals surface area contributed by atoms with Gasteiger partial charge in [-0.25, -0.2) is 17.9 Å². The lowest BCUT2D eigenvalue weighted by atomic mass is 10.2. The first-order valence-electron chi connectivity index (χ1n) is 8.96. The number of carbonyl (C=O) groups excluding carboxylic acids is 2. The van der Waals surface area contributed by atoms with E-state index < -0.39 is 34.3 Å². The highest BCUT2D eigenvalue weighted by molar-refractivity contribution is 7.99. The molecule has 0 aliphatic rings. The minimum absolute atomic E-state index is 0.113. The predicted molar refractivity (Wildman–Crippen MR) is 116 cm³/mol. The summed E-state index contributed by atoms with van der Waals surface area (Å²) in [6, 6.07) is 10.3. The van der Waals surface area contributed by atoms with Crippen LogP contribution in [-0.4, -0.2) is 46.8 Å². The van der Waals surface area contributed by atoms with Gasteiger partial charge in [0.2, 0.25) is 10.0 Å². The summed E-state index contributed by atoms with van der Waals surface area (Å²) < 4.78 is 61.4. The molecule has 8 nitrogen and oxygen atoms in total. The molecule has 0 unspecified atom stereocenters. The maximum atomic E-state index is 12.6. The van der Waals surface area contributed by atoms with E-state index in [-0.39, 0.29) is 33.0 Å². The molecule has 0 saturated heterocycles. The Morgan fingerprint density at radius 3 is 2.56 bits per heavy atom.